The molecule has 0 fully saturated rings. The third kappa shape index (κ3) is 7.97. The van der Waals surface area contributed by atoms with E-state index in [0.717, 1.165) is 127 Å². The lowest BCUT2D eigenvalue weighted by atomic mass is 9.94. The second kappa shape index (κ2) is 20.3. The standard InChI is InChI=1S/C82H50N8/c83-51-52-35-37-53(38-36-52)56-39-43-76(89-74-33-17-11-27-64(74)68-49-58(41-45-78(68)89)87-70-29-13-7-23-60(70)61-24-8-14-30-71(61)87)66(47-56)67-48-57(82-85-80(54-19-3-1-4-20-54)84-81(86-82)55-21-5-2-6-22-55)40-44-77(67)90-75-34-18-12-28-65(75)69-50-59(42-46-79(69)90)88-72-31-15-9-25-62(72)63-26-10-16-32-73(63)88/h1-50H. The van der Waals surface area contributed by atoms with Crippen LogP contribution in [0.15, 0.2) is 303 Å². The zero-order chi connectivity index (χ0) is 59.4. The van der Waals surface area contributed by atoms with Crippen molar-refractivity contribution in [1.29, 1.82) is 5.26 Å². The second-order valence-corrected chi connectivity index (χ2v) is 23.0. The molecule has 13 aromatic carbocycles. The van der Waals surface area contributed by atoms with Crippen molar-refractivity contribution in [2.75, 3.05) is 0 Å². The number of hydrogen-bond donors (Lipinski definition) is 0. The van der Waals surface area contributed by atoms with E-state index in [1.54, 1.807) is 0 Å². The van der Waals surface area contributed by atoms with E-state index in [9.17, 15) is 5.26 Å². The molecule has 0 aliphatic carbocycles. The first-order chi connectivity index (χ1) is 44.6. The maximum atomic E-state index is 10.0. The Labute approximate surface area is 516 Å². The fourth-order valence-electron chi connectivity index (χ4n) is 14.0. The largest absolute Gasteiger partial charge is 0.309 e. The summed E-state index contributed by atoms with van der Waals surface area (Å²) >= 11 is 0. The molecule has 0 atom stereocenters. The molecule has 90 heavy (non-hydrogen) atoms. The van der Waals surface area contributed by atoms with Gasteiger partial charge in [0.05, 0.1) is 67.1 Å². The van der Waals surface area contributed by atoms with E-state index in [4.69, 9.17) is 15.0 Å². The van der Waals surface area contributed by atoms with Crippen LogP contribution in [0.2, 0.25) is 0 Å². The van der Waals surface area contributed by atoms with E-state index < -0.39 is 0 Å². The van der Waals surface area contributed by atoms with Crippen LogP contribution in [0, 0.1) is 11.3 Å². The Balaban J connectivity index is 0.930. The molecule has 18 aromatic rings. The van der Waals surface area contributed by atoms with Crippen molar-refractivity contribution in [1.82, 2.24) is 33.2 Å². The molecular formula is C82H50N8. The highest BCUT2D eigenvalue weighted by molar-refractivity contribution is 6.15. The lowest BCUT2D eigenvalue weighted by Gasteiger charge is -2.21. The number of benzene rings is 13. The Morgan fingerprint density at radius 1 is 0.233 bits per heavy atom. The van der Waals surface area contributed by atoms with Crippen LogP contribution in [-0.4, -0.2) is 33.2 Å². The van der Waals surface area contributed by atoms with E-state index in [1.807, 2.05) is 60.7 Å². The quantitative estimate of drug-likeness (QED) is 0.144. The molecule has 0 amide bonds. The molecule has 0 N–H and O–H groups in total. The zero-order valence-corrected chi connectivity index (χ0v) is 48.4. The van der Waals surface area contributed by atoms with Crippen molar-refractivity contribution in [3.05, 3.63) is 309 Å². The minimum atomic E-state index is 0.549. The molecule has 8 nitrogen and oxygen atoms in total. The third-order valence-electron chi connectivity index (χ3n) is 18.1. The van der Waals surface area contributed by atoms with E-state index in [2.05, 4.69) is 267 Å². The summed E-state index contributed by atoms with van der Waals surface area (Å²) in [6.45, 7) is 0. The normalized spacial score (nSPS) is 11.8. The number of hydrogen-bond acceptors (Lipinski definition) is 4. The van der Waals surface area contributed by atoms with Gasteiger partial charge in [0.25, 0.3) is 0 Å². The molecule has 5 heterocycles. The molecule has 0 spiro atoms. The van der Waals surface area contributed by atoms with Crippen LogP contribution in [0.5, 0.6) is 0 Å². The Morgan fingerprint density at radius 2 is 0.544 bits per heavy atom. The van der Waals surface area contributed by atoms with Crippen molar-refractivity contribution < 1.29 is 0 Å². The average molecular weight is 1150 g/mol. The number of rotatable bonds is 9. The number of fused-ring (bicyclic) bond motifs is 12. The summed E-state index contributed by atoms with van der Waals surface area (Å²) in [5, 5.41) is 19.4. The van der Waals surface area contributed by atoms with Crippen molar-refractivity contribution in [3.8, 4) is 85.2 Å². The van der Waals surface area contributed by atoms with Crippen LogP contribution in [0.4, 0.5) is 0 Å². The molecule has 8 heteroatoms. The Bertz CT molecular complexity index is 5810. The summed E-state index contributed by atoms with van der Waals surface area (Å²) in [5.74, 6) is 1.72. The van der Waals surface area contributed by atoms with Gasteiger partial charge in [-0.2, -0.15) is 5.26 Å². The maximum Gasteiger partial charge on any atom is 0.164 e. The fraction of sp³-hybridized carbons (Fsp3) is 0. The summed E-state index contributed by atoms with van der Waals surface area (Å²) in [6.07, 6.45) is 0. The molecule has 0 aliphatic rings. The SMILES string of the molecule is N#Cc1ccc(-c2ccc(-n3c4ccccc4c4cc(-n5c6ccccc6c6ccccc65)ccc43)c(-c3cc(-c4nc(-c5ccccc5)nc(-c5ccccc5)n4)ccc3-n3c4ccccc4c4cc(-n5c6ccccc6c6ccccc65)ccc43)c2)cc1. The van der Waals surface area contributed by atoms with Crippen LogP contribution in [0.25, 0.3) is 166 Å². The fourth-order valence-corrected chi connectivity index (χ4v) is 14.0. The van der Waals surface area contributed by atoms with Gasteiger partial charge >= 0.3 is 0 Å². The second-order valence-electron chi connectivity index (χ2n) is 23.0. The lowest BCUT2D eigenvalue weighted by Crippen LogP contribution is -2.04. The van der Waals surface area contributed by atoms with Crippen LogP contribution in [-0.2, 0) is 0 Å². The van der Waals surface area contributed by atoms with Crippen molar-refractivity contribution >= 4 is 87.2 Å². The first-order valence-corrected chi connectivity index (χ1v) is 30.3. The molecule has 0 saturated carbocycles. The van der Waals surface area contributed by atoms with Gasteiger partial charge in [0.15, 0.2) is 17.5 Å². The molecule has 5 aromatic heterocycles. The van der Waals surface area contributed by atoms with Gasteiger partial charge in [-0.1, -0.05) is 188 Å². The molecule has 0 unspecified atom stereocenters. The molecule has 0 aliphatic heterocycles. The van der Waals surface area contributed by atoms with Gasteiger partial charge in [0.2, 0.25) is 0 Å². The summed E-state index contributed by atoms with van der Waals surface area (Å²) < 4.78 is 9.69. The average Bonchev–Trinajstić information content (AvgIpc) is 1.60. The summed E-state index contributed by atoms with van der Waals surface area (Å²) in [6, 6.07) is 110. The molecule has 0 radical (unpaired) electrons. The first kappa shape index (κ1) is 50.8. The third-order valence-corrected chi connectivity index (χ3v) is 18.1. The van der Waals surface area contributed by atoms with Crippen molar-refractivity contribution in [3.63, 3.8) is 0 Å². The predicted molar refractivity (Wildman–Crippen MR) is 369 cm³/mol. The Morgan fingerprint density at radius 3 is 0.944 bits per heavy atom. The minimum absolute atomic E-state index is 0.549. The molecule has 0 bridgehead atoms. The minimum Gasteiger partial charge on any atom is -0.309 e. The highest BCUT2D eigenvalue weighted by Gasteiger charge is 2.25. The van der Waals surface area contributed by atoms with E-state index in [-0.39, 0.29) is 0 Å². The van der Waals surface area contributed by atoms with E-state index >= 15 is 0 Å². The summed E-state index contributed by atoms with van der Waals surface area (Å²) in [4.78, 5) is 15.8. The van der Waals surface area contributed by atoms with Crippen molar-refractivity contribution in [2.24, 2.45) is 0 Å². The van der Waals surface area contributed by atoms with E-state index in [0.29, 0.717) is 23.0 Å². The number of para-hydroxylation sites is 6. The topological polar surface area (TPSA) is 82.2 Å². The number of nitrogens with zero attached hydrogens (tertiary/aromatic N) is 8. The Hall–Kier alpha value is -12.4. The molecule has 18 rings (SSSR count). The maximum absolute atomic E-state index is 10.0. The van der Waals surface area contributed by atoms with Crippen LogP contribution in [0.1, 0.15) is 5.56 Å². The Kier molecular flexibility index (Phi) is 11.5. The van der Waals surface area contributed by atoms with Crippen molar-refractivity contribution in [2.45, 2.75) is 0 Å². The summed E-state index contributed by atoms with van der Waals surface area (Å²) in [5.41, 5.74) is 20.2. The number of nitriles is 1. The van der Waals surface area contributed by atoms with Gasteiger partial charge in [0.1, 0.15) is 0 Å². The van der Waals surface area contributed by atoms with Gasteiger partial charge in [-0.05, 0) is 126 Å². The van der Waals surface area contributed by atoms with Gasteiger partial charge in [-0.25, -0.2) is 15.0 Å². The molecule has 418 valence electrons. The van der Waals surface area contributed by atoms with Crippen LogP contribution >= 0.6 is 0 Å². The van der Waals surface area contributed by atoms with Gasteiger partial charge in [-0.15, -0.1) is 0 Å². The molecular weight excluding hydrogens is 1100 g/mol. The first-order valence-electron chi connectivity index (χ1n) is 30.3. The number of aromatic nitrogens is 7. The zero-order valence-electron chi connectivity index (χ0n) is 48.4. The highest BCUT2D eigenvalue weighted by atomic mass is 15.0. The van der Waals surface area contributed by atoms with Gasteiger partial charge in [0, 0.05) is 82.3 Å². The predicted octanol–water partition coefficient (Wildman–Crippen LogP) is 20.5. The smallest absolute Gasteiger partial charge is 0.164 e. The van der Waals surface area contributed by atoms with Gasteiger partial charge < -0.3 is 18.3 Å². The summed E-state index contributed by atoms with van der Waals surface area (Å²) in [7, 11) is 0. The lowest BCUT2D eigenvalue weighted by molar-refractivity contribution is 1.07. The molecule has 0 saturated heterocycles. The van der Waals surface area contributed by atoms with Crippen LogP contribution < -0.4 is 0 Å². The van der Waals surface area contributed by atoms with Gasteiger partial charge in [-0.3, -0.25) is 0 Å². The van der Waals surface area contributed by atoms with Crippen LogP contribution in [0.3, 0.4) is 0 Å². The van der Waals surface area contributed by atoms with E-state index in [1.165, 1.54) is 21.5 Å². The monoisotopic (exact) mass is 1150 g/mol. The highest BCUT2D eigenvalue weighted by Crippen LogP contribution is 2.46.